The van der Waals surface area contributed by atoms with Crippen LogP contribution in [0.25, 0.3) is 0 Å². The third-order valence-electron chi connectivity index (χ3n) is 0.843. The fourth-order valence-corrected chi connectivity index (χ4v) is 0.451. The van der Waals surface area contributed by atoms with E-state index in [4.69, 9.17) is 59.3 Å². The van der Waals surface area contributed by atoms with Crippen molar-refractivity contribution < 1.29 is 59.3 Å². The Morgan fingerprint density at radius 1 is 0.536 bits per heavy atom. The van der Waals surface area contributed by atoms with Crippen LogP contribution in [0.15, 0.2) is 0 Å². The molecule has 174 valence electrons. The van der Waals surface area contributed by atoms with Crippen LogP contribution < -0.4 is 12.3 Å². The van der Waals surface area contributed by atoms with Crippen molar-refractivity contribution in [3.05, 3.63) is 0 Å². The first-order chi connectivity index (χ1) is 11.8. The van der Waals surface area contributed by atoms with Crippen molar-refractivity contribution in [1.82, 2.24) is 12.3 Å². The number of aliphatic hydroxyl groups is 2. The van der Waals surface area contributed by atoms with E-state index in [1.807, 2.05) is 0 Å². The van der Waals surface area contributed by atoms with Crippen molar-refractivity contribution in [3.63, 3.8) is 0 Å². The number of aliphatic carboxylic acids is 4. The predicted octanol–water partition coefficient (Wildman–Crippen LogP) is -0.308. The van der Waals surface area contributed by atoms with E-state index < -0.39 is 23.9 Å². The van der Waals surface area contributed by atoms with Gasteiger partial charge in [-0.1, -0.05) is 0 Å². The van der Waals surface area contributed by atoms with Gasteiger partial charge in [-0.05, 0) is 0 Å². The summed E-state index contributed by atoms with van der Waals surface area (Å²) in [6, 6.07) is 0. The van der Waals surface area contributed by atoms with Crippen LogP contribution in [-0.2, 0) is 28.7 Å². The number of hydrogen-bond acceptors (Lipinski definition) is 10. The molecule has 0 atom stereocenters. The Morgan fingerprint density at radius 2 is 0.679 bits per heavy atom. The number of ether oxygens (including phenoxy) is 2. The van der Waals surface area contributed by atoms with Crippen LogP contribution in [0.2, 0.25) is 0 Å². The molecule has 0 spiro atoms. The Labute approximate surface area is 163 Å². The highest BCUT2D eigenvalue weighted by molar-refractivity contribution is 5.63. The Balaban J connectivity index is -0.0000000420. The summed E-state index contributed by atoms with van der Waals surface area (Å²) in [7, 11) is 0. The van der Waals surface area contributed by atoms with E-state index in [2.05, 4.69) is 0 Å². The van der Waals surface area contributed by atoms with Gasteiger partial charge in [0.2, 0.25) is 0 Å². The molecule has 0 saturated carbocycles. The number of aliphatic hydroxyl groups excluding tert-OH is 2. The first kappa shape index (κ1) is 44.8. The standard InChI is InChI=1S/C6H14O4.4C2H4O2.2H3N/c7-1-3-9-5-6-10-4-2-8;4*1-2(3)4;;/h7-8H,1-6H2;4*1H3,(H,3,4);2*1H3. The summed E-state index contributed by atoms with van der Waals surface area (Å²) in [5.74, 6) is -3.33. The SMILES string of the molecule is CC(=O)O.CC(=O)O.CC(=O)O.CC(=O)O.N.N.OCCOCCOCCO. The van der Waals surface area contributed by atoms with Crippen LogP contribution in [0, 0.1) is 0 Å². The maximum Gasteiger partial charge on any atom is 0.300 e. The van der Waals surface area contributed by atoms with Gasteiger partial charge >= 0.3 is 0 Å². The second-order valence-electron chi connectivity index (χ2n) is 3.75. The topological polar surface area (TPSA) is 278 Å². The molecule has 0 amide bonds. The molecule has 0 fully saturated rings. The van der Waals surface area contributed by atoms with Gasteiger partial charge in [-0.25, -0.2) is 0 Å². The second-order valence-corrected chi connectivity index (χ2v) is 3.75. The van der Waals surface area contributed by atoms with E-state index in [-0.39, 0.29) is 25.5 Å². The van der Waals surface area contributed by atoms with E-state index >= 15 is 0 Å². The lowest BCUT2D eigenvalue weighted by atomic mass is 10.7. The van der Waals surface area contributed by atoms with Gasteiger partial charge in [0.05, 0.1) is 39.6 Å². The van der Waals surface area contributed by atoms with Crippen molar-refractivity contribution in [2.75, 3.05) is 39.6 Å². The lowest BCUT2D eigenvalue weighted by Crippen LogP contribution is -2.09. The van der Waals surface area contributed by atoms with Gasteiger partial charge in [-0.15, -0.1) is 0 Å². The number of carboxylic acids is 4. The molecule has 0 radical (unpaired) electrons. The number of carboxylic acid groups (broad SMARTS) is 4. The van der Waals surface area contributed by atoms with Crippen LogP contribution in [0.5, 0.6) is 0 Å². The van der Waals surface area contributed by atoms with Crippen LogP contribution in [0.4, 0.5) is 0 Å². The lowest BCUT2D eigenvalue weighted by Gasteiger charge is -2.01. The van der Waals surface area contributed by atoms with Crippen LogP contribution in [-0.4, -0.2) is 94.2 Å². The molecule has 14 nitrogen and oxygen atoms in total. The first-order valence-corrected chi connectivity index (χ1v) is 7.00. The van der Waals surface area contributed by atoms with Gasteiger partial charge in [0, 0.05) is 27.7 Å². The summed E-state index contributed by atoms with van der Waals surface area (Å²) in [6.07, 6.45) is 0. The maximum absolute atomic E-state index is 9.00. The molecule has 0 saturated heterocycles. The van der Waals surface area contributed by atoms with Crippen molar-refractivity contribution in [2.24, 2.45) is 0 Å². The smallest absolute Gasteiger partial charge is 0.300 e. The van der Waals surface area contributed by atoms with Gasteiger partial charge in [0.25, 0.3) is 23.9 Å². The fraction of sp³-hybridized carbons (Fsp3) is 0.714. The van der Waals surface area contributed by atoms with Gasteiger partial charge in [0.15, 0.2) is 0 Å². The second kappa shape index (κ2) is 44.3. The van der Waals surface area contributed by atoms with E-state index in [1.54, 1.807) is 0 Å². The lowest BCUT2D eigenvalue weighted by molar-refractivity contribution is -0.135. The molecule has 14 heteroatoms. The zero-order valence-corrected chi connectivity index (χ0v) is 16.8. The molecule has 0 aliphatic carbocycles. The third-order valence-corrected chi connectivity index (χ3v) is 0.843. The van der Waals surface area contributed by atoms with Crippen LogP contribution >= 0.6 is 0 Å². The molecule has 28 heavy (non-hydrogen) atoms. The molecule has 0 aliphatic heterocycles. The highest BCUT2D eigenvalue weighted by atomic mass is 16.5. The summed E-state index contributed by atoms with van der Waals surface area (Å²) in [5, 5.41) is 46.2. The monoisotopic (exact) mass is 424 g/mol. The Hall–Kier alpha value is -2.36. The average Bonchev–Trinajstić information content (AvgIpc) is 2.40. The van der Waals surface area contributed by atoms with E-state index in [1.165, 1.54) is 0 Å². The van der Waals surface area contributed by atoms with Gasteiger partial charge in [-0.2, -0.15) is 0 Å². The molecule has 0 unspecified atom stereocenters. The quantitative estimate of drug-likeness (QED) is 0.243. The summed E-state index contributed by atoms with van der Waals surface area (Å²) in [5.41, 5.74) is 0. The summed E-state index contributed by atoms with van der Waals surface area (Å²) in [4.78, 5) is 36.0. The molecule has 0 bridgehead atoms. The van der Waals surface area contributed by atoms with Crippen LogP contribution in [0.3, 0.4) is 0 Å². The first-order valence-electron chi connectivity index (χ1n) is 7.00. The third kappa shape index (κ3) is 563. The Morgan fingerprint density at radius 3 is 0.786 bits per heavy atom. The van der Waals surface area contributed by atoms with Gasteiger partial charge < -0.3 is 52.4 Å². The molecule has 0 aromatic rings. The van der Waals surface area contributed by atoms with Crippen molar-refractivity contribution >= 4 is 23.9 Å². The minimum absolute atomic E-state index is 0. The number of rotatable bonds is 7. The predicted molar refractivity (Wildman–Crippen MR) is 99.1 cm³/mol. The van der Waals surface area contributed by atoms with Crippen molar-refractivity contribution in [2.45, 2.75) is 27.7 Å². The summed E-state index contributed by atoms with van der Waals surface area (Å²) >= 11 is 0. The van der Waals surface area contributed by atoms with Crippen LogP contribution in [0.1, 0.15) is 27.7 Å². The molecule has 0 rings (SSSR count). The minimum Gasteiger partial charge on any atom is -0.481 e. The molecule has 12 N–H and O–H groups in total. The van der Waals surface area contributed by atoms with Gasteiger partial charge in [0.1, 0.15) is 0 Å². The Bertz CT molecular complexity index is 268. The number of hydrogen-bond donors (Lipinski definition) is 8. The highest BCUT2D eigenvalue weighted by Crippen LogP contribution is 1.76. The maximum atomic E-state index is 9.00. The number of carbonyl (C=O) groups is 4. The molecule has 0 aromatic heterocycles. The van der Waals surface area contributed by atoms with Gasteiger partial charge in [-0.3, -0.25) is 19.2 Å². The zero-order valence-electron chi connectivity index (χ0n) is 16.8. The largest absolute Gasteiger partial charge is 0.481 e. The molecule has 0 heterocycles. The fourth-order valence-electron chi connectivity index (χ4n) is 0.451. The molecular weight excluding hydrogens is 388 g/mol. The average molecular weight is 424 g/mol. The zero-order chi connectivity index (χ0) is 22.0. The summed E-state index contributed by atoms with van der Waals surface area (Å²) < 4.78 is 9.75. The summed E-state index contributed by atoms with van der Waals surface area (Å²) in [6.45, 7) is 6.06. The van der Waals surface area contributed by atoms with Crippen molar-refractivity contribution in [3.8, 4) is 0 Å². The molecular formula is C14H36N2O12. The Kier molecular flexibility index (Phi) is 70.8. The highest BCUT2D eigenvalue weighted by Gasteiger charge is 1.86. The van der Waals surface area contributed by atoms with E-state index in [0.717, 1.165) is 27.7 Å². The minimum atomic E-state index is -0.833. The normalized spacial score (nSPS) is 7.21. The molecule has 0 aliphatic rings. The van der Waals surface area contributed by atoms with E-state index in [9.17, 15) is 0 Å². The van der Waals surface area contributed by atoms with Crippen molar-refractivity contribution in [1.29, 1.82) is 0 Å². The molecule has 0 aromatic carbocycles. The van der Waals surface area contributed by atoms with E-state index in [0.29, 0.717) is 26.4 Å².